The van der Waals surface area contributed by atoms with Crippen LogP contribution in [0.3, 0.4) is 0 Å². The Balaban J connectivity index is 1.45. The van der Waals surface area contributed by atoms with Gasteiger partial charge in [-0.25, -0.2) is 9.79 Å². The standard InChI is InChI=1S/C20H26ClN5O2/c1-3-16-6-7-22-19(23-16)24-8-10-25(11-9-24)20(27)26-14(2)13-28-18-12-15(21)4-5-17(18)26/h4-6,12,14H,3,7-11,13H2,1-2H3,(H,22,23). The first-order valence-electron chi connectivity index (χ1n) is 9.84. The number of hydrogen-bond acceptors (Lipinski definition) is 5. The van der Waals surface area contributed by atoms with Crippen molar-refractivity contribution in [1.82, 2.24) is 15.1 Å². The molecule has 28 heavy (non-hydrogen) atoms. The highest BCUT2D eigenvalue weighted by molar-refractivity contribution is 6.30. The number of anilines is 1. The average molecular weight is 404 g/mol. The minimum atomic E-state index is -0.0270. The Morgan fingerprint density at radius 2 is 2.11 bits per heavy atom. The lowest BCUT2D eigenvalue weighted by atomic mass is 10.1. The van der Waals surface area contributed by atoms with Crippen LogP contribution in [0.5, 0.6) is 5.75 Å². The number of nitrogens with zero attached hydrogens (tertiary/aromatic N) is 4. The van der Waals surface area contributed by atoms with Gasteiger partial charge in [-0.1, -0.05) is 18.5 Å². The van der Waals surface area contributed by atoms with Crippen molar-refractivity contribution in [3.63, 3.8) is 0 Å². The lowest BCUT2D eigenvalue weighted by molar-refractivity contribution is 0.166. The summed E-state index contributed by atoms with van der Waals surface area (Å²) in [5.74, 6) is 1.59. The molecular weight excluding hydrogens is 378 g/mol. The number of nitrogens with one attached hydrogen (secondary N) is 1. The number of ether oxygens (including phenoxy) is 1. The molecule has 3 heterocycles. The summed E-state index contributed by atoms with van der Waals surface area (Å²) in [6.45, 7) is 8.25. The van der Waals surface area contributed by atoms with Gasteiger partial charge in [-0.3, -0.25) is 4.90 Å². The summed E-state index contributed by atoms with van der Waals surface area (Å²) in [6.07, 6.45) is 3.05. The summed E-state index contributed by atoms with van der Waals surface area (Å²) >= 11 is 6.08. The number of halogens is 1. The van der Waals surface area contributed by atoms with Crippen molar-refractivity contribution in [3.8, 4) is 5.75 Å². The summed E-state index contributed by atoms with van der Waals surface area (Å²) in [5.41, 5.74) is 1.90. The first kappa shape index (κ1) is 18.9. The molecule has 1 atom stereocenters. The largest absolute Gasteiger partial charge is 0.489 e. The molecule has 0 radical (unpaired) electrons. The lowest BCUT2D eigenvalue weighted by Gasteiger charge is -2.42. The van der Waals surface area contributed by atoms with E-state index in [1.165, 1.54) is 0 Å². The SMILES string of the molecule is CCC1=CCNC(N2CCN(C(=O)N3c4ccc(Cl)cc4OCC3C)CC2)=N1. The summed E-state index contributed by atoms with van der Waals surface area (Å²) in [7, 11) is 0. The number of carbonyl (C=O) groups is 1. The van der Waals surface area contributed by atoms with Crippen molar-refractivity contribution in [1.29, 1.82) is 0 Å². The second kappa shape index (κ2) is 7.91. The van der Waals surface area contributed by atoms with Gasteiger partial charge in [-0.15, -0.1) is 0 Å². The summed E-state index contributed by atoms with van der Waals surface area (Å²) in [4.78, 5) is 23.9. The topological polar surface area (TPSA) is 60.4 Å². The monoisotopic (exact) mass is 403 g/mol. The summed E-state index contributed by atoms with van der Waals surface area (Å²) < 4.78 is 5.77. The minimum absolute atomic E-state index is 0.0201. The van der Waals surface area contributed by atoms with Crippen LogP contribution in [0.1, 0.15) is 20.3 Å². The molecule has 1 N–H and O–H groups in total. The number of urea groups is 1. The Morgan fingerprint density at radius 1 is 1.32 bits per heavy atom. The van der Waals surface area contributed by atoms with E-state index in [4.69, 9.17) is 16.3 Å². The number of allylic oxidation sites excluding steroid dienone is 1. The second-order valence-corrected chi connectivity index (χ2v) is 7.70. The van der Waals surface area contributed by atoms with Gasteiger partial charge in [0, 0.05) is 49.5 Å². The Morgan fingerprint density at radius 3 is 2.86 bits per heavy atom. The predicted molar refractivity (Wildman–Crippen MR) is 111 cm³/mol. The van der Waals surface area contributed by atoms with Gasteiger partial charge in [-0.05, 0) is 31.6 Å². The molecule has 1 aromatic carbocycles. The third-order valence-electron chi connectivity index (χ3n) is 5.37. The number of benzene rings is 1. The number of rotatable bonds is 1. The van der Waals surface area contributed by atoms with Crippen molar-refractivity contribution in [2.45, 2.75) is 26.3 Å². The van der Waals surface area contributed by atoms with E-state index in [1.807, 2.05) is 22.8 Å². The number of guanidine groups is 1. The first-order valence-corrected chi connectivity index (χ1v) is 10.2. The van der Waals surface area contributed by atoms with Gasteiger partial charge in [0.25, 0.3) is 0 Å². The van der Waals surface area contributed by atoms with E-state index in [1.54, 1.807) is 12.1 Å². The van der Waals surface area contributed by atoms with Gasteiger partial charge in [0.15, 0.2) is 5.96 Å². The van der Waals surface area contributed by atoms with Crippen molar-refractivity contribution in [2.24, 2.45) is 4.99 Å². The normalized spacial score (nSPS) is 22.0. The van der Waals surface area contributed by atoms with E-state index in [2.05, 4.69) is 28.2 Å². The maximum Gasteiger partial charge on any atom is 0.325 e. The molecule has 0 spiro atoms. The number of fused-ring (bicyclic) bond motifs is 1. The van der Waals surface area contributed by atoms with Crippen LogP contribution < -0.4 is 15.0 Å². The first-order chi connectivity index (χ1) is 13.6. The van der Waals surface area contributed by atoms with Crippen molar-refractivity contribution >= 4 is 29.3 Å². The van der Waals surface area contributed by atoms with Gasteiger partial charge >= 0.3 is 6.03 Å². The van der Waals surface area contributed by atoms with Crippen LogP contribution in [0.4, 0.5) is 10.5 Å². The van der Waals surface area contributed by atoms with E-state index in [9.17, 15) is 4.79 Å². The summed E-state index contributed by atoms with van der Waals surface area (Å²) in [5, 5.41) is 3.95. The van der Waals surface area contributed by atoms with Crippen LogP contribution in [-0.4, -0.2) is 67.2 Å². The molecule has 1 aromatic rings. The predicted octanol–water partition coefficient (Wildman–Crippen LogP) is 2.92. The fourth-order valence-electron chi connectivity index (χ4n) is 3.77. The zero-order chi connectivity index (χ0) is 19.7. The maximum atomic E-state index is 13.3. The van der Waals surface area contributed by atoms with E-state index >= 15 is 0 Å². The highest BCUT2D eigenvalue weighted by Crippen LogP contribution is 2.36. The Labute approximate surface area is 170 Å². The van der Waals surface area contributed by atoms with Gasteiger partial charge in [0.05, 0.1) is 11.7 Å². The van der Waals surface area contributed by atoms with Gasteiger partial charge in [0.2, 0.25) is 0 Å². The molecule has 2 amide bonds. The Kier molecular flexibility index (Phi) is 5.35. The smallest absolute Gasteiger partial charge is 0.325 e. The lowest BCUT2D eigenvalue weighted by Crippen LogP contribution is -2.58. The van der Waals surface area contributed by atoms with E-state index < -0.39 is 0 Å². The zero-order valence-electron chi connectivity index (χ0n) is 16.3. The molecule has 1 unspecified atom stereocenters. The number of hydrogen-bond donors (Lipinski definition) is 1. The zero-order valence-corrected chi connectivity index (χ0v) is 17.1. The molecule has 1 fully saturated rings. The van der Waals surface area contributed by atoms with Crippen LogP contribution in [0.2, 0.25) is 5.02 Å². The van der Waals surface area contributed by atoms with E-state index in [0.717, 1.165) is 43.4 Å². The van der Waals surface area contributed by atoms with Crippen molar-refractivity contribution in [2.75, 3.05) is 44.2 Å². The van der Waals surface area contributed by atoms with Crippen molar-refractivity contribution < 1.29 is 9.53 Å². The number of piperazine rings is 1. The molecule has 0 aliphatic carbocycles. The highest BCUT2D eigenvalue weighted by atomic mass is 35.5. The third-order valence-corrected chi connectivity index (χ3v) is 5.60. The van der Waals surface area contributed by atoms with E-state index in [0.29, 0.717) is 30.5 Å². The molecular formula is C20H26ClN5O2. The van der Waals surface area contributed by atoms with Crippen molar-refractivity contribution in [3.05, 3.63) is 35.0 Å². The molecule has 0 bridgehead atoms. The molecule has 8 heteroatoms. The molecule has 4 rings (SSSR count). The Hall–Kier alpha value is -2.41. The van der Waals surface area contributed by atoms with Crippen LogP contribution in [0.25, 0.3) is 0 Å². The third kappa shape index (κ3) is 3.63. The van der Waals surface area contributed by atoms with Gasteiger partial charge < -0.3 is 19.9 Å². The molecule has 1 saturated heterocycles. The molecule has 0 aromatic heterocycles. The number of aliphatic imine (C=N–C) groups is 1. The number of amides is 2. The van der Waals surface area contributed by atoms with Crippen LogP contribution in [0.15, 0.2) is 35.0 Å². The number of carbonyl (C=O) groups excluding carboxylic acids is 1. The van der Waals surface area contributed by atoms with Crippen LogP contribution in [0, 0.1) is 0 Å². The molecule has 7 nitrogen and oxygen atoms in total. The minimum Gasteiger partial charge on any atom is -0.489 e. The highest BCUT2D eigenvalue weighted by Gasteiger charge is 2.34. The van der Waals surface area contributed by atoms with E-state index in [-0.39, 0.29) is 12.1 Å². The molecule has 150 valence electrons. The van der Waals surface area contributed by atoms with Crippen LogP contribution >= 0.6 is 11.6 Å². The maximum absolute atomic E-state index is 13.3. The molecule has 3 aliphatic rings. The average Bonchev–Trinajstić information content (AvgIpc) is 2.73. The fourth-order valence-corrected chi connectivity index (χ4v) is 3.93. The molecule has 3 aliphatic heterocycles. The van der Waals surface area contributed by atoms with Gasteiger partial charge in [-0.2, -0.15) is 0 Å². The summed E-state index contributed by atoms with van der Waals surface area (Å²) in [6, 6.07) is 5.42. The Bertz CT molecular complexity index is 817. The second-order valence-electron chi connectivity index (χ2n) is 7.26. The van der Waals surface area contributed by atoms with Crippen LogP contribution in [-0.2, 0) is 0 Å². The van der Waals surface area contributed by atoms with Gasteiger partial charge in [0.1, 0.15) is 12.4 Å². The quantitative estimate of drug-likeness (QED) is 0.783. The molecule has 0 saturated carbocycles. The fraction of sp³-hybridized carbons (Fsp3) is 0.500.